The molecule has 0 fully saturated rings. The van der Waals surface area contributed by atoms with Gasteiger partial charge in [-0.2, -0.15) is 0 Å². The van der Waals surface area contributed by atoms with Gasteiger partial charge in [0.2, 0.25) is 0 Å². The van der Waals surface area contributed by atoms with E-state index in [1.807, 2.05) is 11.3 Å². The van der Waals surface area contributed by atoms with Crippen LogP contribution in [0.15, 0.2) is 12.1 Å². The van der Waals surface area contributed by atoms with Gasteiger partial charge in [-0.1, -0.05) is 6.92 Å². The molecule has 16 heavy (non-hydrogen) atoms. The van der Waals surface area contributed by atoms with E-state index in [9.17, 15) is 0 Å². The molecule has 0 unspecified atom stereocenters. The average Bonchev–Trinajstić information content (AvgIpc) is 2.59. The van der Waals surface area contributed by atoms with Gasteiger partial charge in [-0.25, -0.2) is 4.98 Å². The van der Waals surface area contributed by atoms with Crippen LogP contribution in [0.4, 0.5) is 5.69 Å². The molecule has 1 aliphatic heterocycles. The van der Waals surface area contributed by atoms with E-state index in [0.29, 0.717) is 0 Å². The number of aromatic nitrogens is 1. The normalized spacial score (nSPS) is 15.6. The third kappa shape index (κ3) is 1.59. The quantitative estimate of drug-likeness (QED) is 0.812. The number of anilines is 1. The van der Waals surface area contributed by atoms with Crippen molar-refractivity contribution in [3.8, 4) is 0 Å². The van der Waals surface area contributed by atoms with E-state index < -0.39 is 0 Å². The predicted molar refractivity (Wildman–Crippen MR) is 70.4 cm³/mol. The summed E-state index contributed by atoms with van der Waals surface area (Å²) in [6.07, 6.45) is 4.81. The molecular weight excluding hydrogens is 216 g/mol. The highest BCUT2D eigenvalue weighted by molar-refractivity contribution is 7.18. The van der Waals surface area contributed by atoms with Crippen LogP contribution >= 0.6 is 11.3 Å². The van der Waals surface area contributed by atoms with Crippen LogP contribution in [0.3, 0.4) is 0 Å². The Hall–Kier alpha value is -1.09. The first-order chi connectivity index (χ1) is 7.88. The van der Waals surface area contributed by atoms with Crippen molar-refractivity contribution < 1.29 is 0 Å². The second-order valence-electron chi connectivity index (χ2n) is 4.28. The highest BCUT2D eigenvalue weighted by Crippen LogP contribution is 2.33. The second kappa shape index (κ2) is 4.06. The lowest BCUT2D eigenvalue weighted by Gasteiger charge is -2.07. The van der Waals surface area contributed by atoms with Gasteiger partial charge in [0.05, 0.1) is 15.2 Å². The van der Waals surface area contributed by atoms with E-state index in [2.05, 4.69) is 29.4 Å². The summed E-state index contributed by atoms with van der Waals surface area (Å²) in [7, 11) is 0. The highest BCUT2D eigenvalue weighted by Gasteiger charge is 2.13. The first kappa shape index (κ1) is 10.1. The molecule has 0 saturated carbocycles. The number of fused-ring (bicyclic) bond motifs is 3. The van der Waals surface area contributed by atoms with Crippen LogP contribution in [0.1, 0.15) is 30.3 Å². The van der Waals surface area contributed by atoms with Crippen LogP contribution in [0, 0.1) is 0 Å². The van der Waals surface area contributed by atoms with Crippen molar-refractivity contribution in [2.75, 3.05) is 11.9 Å². The van der Waals surface area contributed by atoms with Gasteiger partial charge in [0.25, 0.3) is 0 Å². The molecule has 1 N–H and O–H groups in total. The summed E-state index contributed by atoms with van der Waals surface area (Å²) in [4.78, 5) is 4.66. The van der Waals surface area contributed by atoms with Gasteiger partial charge >= 0.3 is 0 Å². The predicted octanol–water partition coefficient (Wildman–Crippen LogP) is 3.61. The lowest BCUT2D eigenvalue weighted by Crippen LogP contribution is -1.98. The zero-order chi connectivity index (χ0) is 11.0. The molecule has 0 aliphatic carbocycles. The lowest BCUT2D eigenvalue weighted by molar-refractivity contribution is 0.788. The molecule has 0 amide bonds. The minimum atomic E-state index is 1.04. The summed E-state index contributed by atoms with van der Waals surface area (Å²) in [6.45, 7) is 3.28. The number of aryl methyl sites for hydroxylation is 2. The van der Waals surface area contributed by atoms with Crippen LogP contribution in [0.2, 0.25) is 0 Å². The average molecular weight is 232 g/mol. The van der Waals surface area contributed by atoms with Crippen LogP contribution in [0.25, 0.3) is 10.2 Å². The summed E-state index contributed by atoms with van der Waals surface area (Å²) in [6, 6.07) is 4.35. The van der Waals surface area contributed by atoms with E-state index in [-0.39, 0.29) is 0 Å². The van der Waals surface area contributed by atoms with E-state index in [0.717, 1.165) is 13.0 Å². The van der Waals surface area contributed by atoms with Crippen molar-refractivity contribution in [3.05, 3.63) is 22.7 Å². The molecule has 3 heteroatoms. The summed E-state index contributed by atoms with van der Waals surface area (Å²) in [5, 5.41) is 4.78. The first-order valence-electron chi connectivity index (χ1n) is 6.03. The molecule has 0 saturated heterocycles. The molecule has 1 aromatic heterocycles. The third-order valence-electron chi connectivity index (χ3n) is 3.18. The van der Waals surface area contributed by atoms with Crippen LogP contribution in [0.5, 0.6) is 0 Å². The number of nitrogens with one attached hydrogen (secondary N) is 1. The molecular formula is C13H16N2S. The zero-order valence-corrected chi connectivity index (χ0v) is 10.4. The Morgan fingerprint density at radius 3 is 3.19 bits per heavy atom. The smallest absolute Gasteiger partial charge is 0.0935 e. The molecule has 2 nitrogen and oxygen atoms in total. The van der Waals surface area contributed by atoms with Gasteiger partial charge in [0.15, 0.2) is 0 Å². The second-order valence-corrected chi connectivity index (χ2v) is 5.37. The van der Waals surface area contributed by atoms with Gasteiger partial charge in [-0.3, -0.25) is 0 Å². The van der Waals surface area contributed by atoms with Crippen LogP contribution < -0.4 is 5.32 Å². The summed E-state index contributed by atoms with van der Waals surface area (Å²) in [5.41, 5.74) is 4.01. The maximum absolute atomic E-state index is 4.66. The fourth-order valence-electron chi connectivity index (χ4n) is 2.31. The number of nitrogens with zero attached hydrogens (tertiary/aromatic N) is 1. The Balaban J connectivity index is 2.20. The van der Waals surface area contributed by atoms with Crippen molar-refractivity contribution in [1.82, 2.24) is 4.98 Å². The molecule has 0 bridgehead atoms. The van der Waals surface area contributed by atoms with Gasteiger partial charge < -0.3 is 5.32 Å². The number of rotatable bonds is 1. The highest BCUT2D eigenvalue weighted by atomic mass is 32.1. The number of hydrogen-bond acceptors (Lipinski definition) is 3. The largest absolute Gasteiger partial charge is 0.385 e. The molecule has 1 aliphatic rings. The Morgan fingerprint density at radius 1 is 1.38 bits per heavy atom. The van der Waals surface area contributed by atoms with Gasteiger partial charge in [-0.05, 0) is 43.4 Å². The minimum absolute atomic E-state index is 1.04. The molecule has 84 valence electrons. The summed E-state index contributed by atoms with van der Waals surface area (Å²) in [5.74, 6) is 0. The number of benzene rings is 1. The standard InChI is InChI=1S/C13H16N2S/c1-2-12-15-11-7-6-10-9(13(11)16-12)5-3-4-8-14-10/h6-7,14H,2-5,8H2,1H3. The number of thiazole rings is 1. The number of hydrogen-bond donors (Lipinski definition) is 1. The van der Waals surface area contributed by atoms with Crippen molar-refractivity contribution >= 4 is 27.2 Å². The maximum atomic E-state index is 4.66. The van der Waals surface area contributed by atoms with E-state index in [4.69, 9.17) is 0 Å². The first-order valence-corrected chi connectivity index (χ1v) is 6.85. The van der Waals surface area contributed by atoms with Gasteiger partial charge in [0.1, 0.15) is 0 Å². The van der Waals surface area contributed by atoms with Crippen molar-refractivity contribution in [2.45, 2.75) is 32.6 Å². The molecule has 1 aromatic carbocycles. The fourth-order valence-corrected chi connectivity index (χ4v) is 3.38. The van der Waals surface area contributed by atoms with Crippen molar-refractivity contribution in [2.24, 2.45) is 0 Å². The molecule has 0 atom stereocenters. The molecule has 0 spiro atoms. The van der Waals surface area contributed by atoms with Gasteiger partial charge in [-0.15, -0.1) is 11.3 Å². The Bertz CT molecular complexity index is 516. The summed E-state index contributed by atoms with van der Waals surface area (Å²) < 4.78 is 1.41. The lowest BCUT2D eigenvalue weighted by atomic mass is 10.1. The van der Waals surface area contributed by atoms with E-state index >= 15 is 0 Å². The van der Waals surface area contributed by atoms with Gasteiger partial charge in [0, 0.05) is 12.2 Å². The van der Waals surface area contributed by atoms with Crippen LogP contribution in [-0.4, -0.2) is 11.5 Å². The Kier molecular flexibility index (Phi) is 2.56. The fraction of sp³-hybridized carbons (Fsp3) is 0.462. The third-order valence-corrected chi connectivity index (χ3v) is 4.45. The van der Waals surface area contributed by atoms with Crippen molar-refractivity contribution in [1.29, 1.82) is 0 Å². The summed E-state index contributed by atoms with van der Waals surface area (Å²) >= 11 is 1.87. The van der Waals surface area contributed by atoms with E-state index in [1.54, 1.807) is 0 Å². The van der Waals surface area contributed by atoms with Crippen molar-refractivity contribution in [3.63, 3.8) is 0 Å². The maximum Gasteiger partial charge on any atom is 0.0935 e. The topological polar surface area (TPSA) is 24.9 Å². The Labute approximate surface area is 99.7 Å². The van der Waals surface area contributed by atoms with E-state index in [1.165, 1.54) is 45.7 Å². The Morgan fingerprint density at radius 2 is 2.31 bits per heavy atom. The monoisotopic (exact) mass is 232 g/mol. The minimum Gasteiger partial charge on any atom is -0.385 e. The molecule has 3 rings (SSSR count). The SMILES string of the molecule is CCc1nc2ccc3c(c2s1)CCCCN3. The molecule has 0 radical (unpaired) electrons. The van der Waals surface area contributed by atoms with Crippen LogP contribution in [-0.2, 0) is 12.8 Å². The zero-order valence-electron chi connectivity index (χ0n) is 9.55. The molecule has 2 aromatic rings. The molecule has 2 heterocycles.